The lowest BCUT2D eigenvalue weighted by atomic mass is 10.0. The first-order valence-corrected chi connectivity index (χ1v) is 9.20. The lowest BCUT2D eigenvalue weighted by molar-refractivity contribution is -0.123. The van der Waals surface area contributed by atoms with Gasteiger partial charge in [0.2, 0.25) is 5.91 Å². The third-order valence-corrected chi connectivity index (χ3v) is 5.30. The zero-order chi connectivity index (χ0) is 17.8. The van der Waals surface area contributed by atoms with Crippen LogP contribution in [0.2, 0.25) is 0 Å². The van der Waals surface area contributed by atoms with E-state index in [-0.39, 0.29) is 11.9 Å². The van der Waals surface area contributed by atoms with Gasteiger partial charge in [0.1, 0.15) is 0 Å². The summed E-state index contributed by atoms with van der Waals surface area (Å²) in [5.74, 6) is 0.105. The number of carbonyl (C=O) groups excluding carboxylic acids is 1. The molecule has 0 aliphatic carbocycles. The molecular formula is C22H28N2O. The second kappa shape index (κ2) is 7.83. The van der Waals surface area contributed by atoms with Crippen molar-refractivity contribution in [1.29, 1.82) is 0 Å². The summed E-state index contributed by atoms with van der Waals surface area (Å²) in [6.45, 7) is 7.74. The van der Waals surface area contributed by atoms with Crippen molar-refractivity contribution in [3.8, 4) is 0 Å². The zero-order valence-electron chi connectivity index (χ0n) is 15.5. The molecular weight excluding hydrogens is 308 g/mol. The fraction of sp³-hybridized carbons (Fsp3) is 0.409. The Bertz CT molecular complexity index is 726. The molecule has 1 aliphatic rings. The minimum Gasteiger partial charge on any atom is -0.348 e. The van der Waals surface area contributed by atoms with Crippen LogP contribution < -0.4 is 5.32 Å². The molecule has 1 fully saturated rings. The number of hydrogen-bond acceptors (Lipinski definition) is 2. The Balaban J connectivity index is 1.60. The minimum absolute atomic E-state index is 0.0320. The van der Waals surface area contributed by atoms with Crippen LogP contribution in [0.4, 0.5) is 0 Å². The van der Waals surface area contributed by atoms with Crippen molar-refractivity contribution >= 4 is 5.91 Å². The molecule has 1 aliphatic heterocycles. The third-order valence-electron chi connectivity index (χ3n) is 5.30. The van der Waals surface area contributed by atoms with Crippen LogP contribution in [-0.2, 0) is 4.79 Å². The zero-order valence-corrected chi connectivity index (χ0v) is 15.5. The van der Waals surface area contributed by atoms with Gasteiger partial charge >= 0.3 is 0 Å². The van der Waals surface area contributed by atoms with E-state index in [1.807, 2.05) is 6.07 Å². The molecule has 1 heterocycles. The van der Waals surface area contributed by atoms with E-state index in [9.17, 15) is 4.79 Å². The summed E-state index contributed by atoms with van der Waals surface area (Å²) in [5, 5.41) is 3.16. The number of amides is 1. The van der Waals surface area contributed by atoms with Crippen molar-refractivity contribution in [2.45, 2.75) is 45.7 Å². The van der Waals surface area contributed by atoms with E-state index in [2.05, 4.69) is 73.5 Å². The van der Waals surface area contributed by atoms with Gasteiger partial charge in [-0.15, -0.1) is 0 Å². The number of nitrogens with zero attached hydrogens (tertiary/aromatic N) is 1. The molecule has 1 saturated heterocycles. The molecule has 25 heavy (non-hydrogen) atoms. The highest BCUT2D eigenvalue weighted by atomic mass is 16.2. The molecule has 0 bridgehead atoms. The fourth-order valence-corrected chi connectivity index (χ4v) is 3.66. The molecule has 1 amide bonds. The minimum atomic E-state index is 0.0320. The van der Waals surface area contributed by atoms with Crippen LogP contribution in [0, 0.1) is 13.8 Å². The molecule has 2 aromatic rings. The summed E-state index contributed by atoms with van der Waals surface area (Å²) in [5.41, 5.74) is 5.03. The topological polar surface area (TPSA) is 32.3 Å². The van der Waals surface area contributed by atoms with Crippen LogP contribution in [0.3, 0.4) is 0 Å². The average Bonchev–Trinajstić information content (AvgIpc) is 3.06. The molecule has 1 N–H and O–H groups in total. The number of aryl methyl sites for hydroxylation is 2. The Morgan fingerprint density at radius 3 is 2.64 bits per heavy atom. The van der Waals surface area contributed by atoms with Crippen LogP contribution in [0.25, 0.3) is 0 Å². The first-order valence-electron chi connectivity index (χ1n) is 9.20. The standard InChI is InChI=1S/C22H28N2O/c1-16-11-12-20(14-17(16)2)18(3)23-22(25)15-24-13-7-10-21(24)19-8-5-4-6-9-19/h4-6,8-9,11-12,14,18,21H,7,10,13,15H2,1-3H3,(H,23,25). The van der Waals surface area contributed by atoms with Gasteiger partial charge in [-0.1, -0.05) is 48.5 Å². The van der Waals surface area contributed by atoms with Crippen molar-refractivity contribution in [1.82, 2.24) is 10.2 Å². The normalized spacial score (nSPS) is 18.9. The highest BCUT2D eigenvalue weighted by Gasteiger charge is 2.27. The molecule has 2 aromatic carbocycles. The molecule has 3 nitrogen and oxygen atoms in total. The van der Waals surface area contributed by atoms with Crippen LogP contribution in [0.5, 0.6) is 0 Å². The molecule has 3 rings (SSSR count). The van der Waals surface area contributed by atoms with E-state index in [0.717, 1.165) is 24.9 Å². The van der Waals surface area contributed by atoms with E-state index in [1.54, 1.807) is 0 Å². The number of rotatable bonds is 5. The molecule has 0 saturated carbocycles. The predicted octanol–water partition coefficient (Wildman–Crippen LogP) is 4.32. The van der Waals surface area contributed by atoms with Gasteiger partial charge < -0.3 is 5.32 Å². The summed E-state index contributed by atoms with van der Waals surface area (Å²) < 4.78 is 0. The van der Waals surface area contributed by atoms with Crippen LogP contribution in [0.15, 0.2) is 48.5 Å². The Labute approximate surface area is 151 Å². The molecule has 132 valence electrons. The molecule has 0 aromatic heterocycles. The molecule has 3 heteroatoms. The van der Waals surface area contributed by atoms with Gasteiger partial charge in [0.05, 0.1) is 12.6 Å². The van der Waals surface area contributed by atoms with Crippen molar-refractivity contribution in [3.63, 3.8) is 0 Å². The Hall–Kier alpha value is -2.13. The van der Waals surface area contributed by atoms with Gasteiger partial charge in [-0.25, -0.2) is 0 Å². The summed E-state index contributed by atoms with van der Waals surface area (Å²) in [6, 6.07) is 17.3. The number of carbonyl (C=O) groups is 1. The quantitative estimate of drug-likeness (QED) is 0.882. The van der Waals surface area contributed by atoms with Crippen LogP contribution >= 0.6 is 0 Å². The molecule has 2 atom stereocenters. The number of likely N-dealkylation sites (tertiary alicyclic amines) is 1. The summed E-state index contributed by atoms with van der Waals surface area (Å²) >= 11 is 0. The summed E-state index contributed by atoms with van der Waals surface area (Å²) in [6.07, 6.45) is 2.28. The maximum absolute atomic E-state index is 12.6. The number of benzene rings is 2. The lowest BCUT2D eigenvalue weighted by Crippen LogP contribution is -2.38. The maximum atomic E-state index is 12.6. The van der Waals surface area contributed by atoms with Gasteiger partial charge in [0.25, 0.3) is 0 Å². The van der Waals surface area contributed by atoms with Gasteiger partial charge in [0, 0.05) is 6.04 Å². The first-order chi connectivity index (χ1) is 12.0. The Morgan fingerprint density at radius 2 is 1.92 bits per heavy atom. The van der Waals surface area contributed by atoms with Crippen molar-refractivity contribution in [3.05, 3.63) is 70.8 Å². The van der Waals surface area contributed by atoms with E-state index in [4.69, 9.17) is 0 Å². The second-order valence-corrected chi connectivity index (χ2v) is 7.17. The molecule has 0 radical (unpaired) electrons. The summed E-state index contributed by atoms with van der Waals surface area (Å²) in [4.78, 5) is 14.9. The second-order valence-electron chi connectivity index (χ2n) is 7.17. The maximum Gasteiger partial charge on any atom is 0.234 e. The predicted molar refractivity (Wildman–Crippen MR) is 102 cm³/mol. The summed E-state index contributed by atoms with van der Waals surface area (Å²) in [7, 11) is 0. The lowest BCUT2D eigenvalue weighted by Gasteiger charge is -2.25. The van der Waals surface area contributed by atoms with Gasteiger partial charge in [-0.3, -0.25) is 9.69 Å². The SMILES string of the molecule is Cc1ccc(C(C)NC(=O)CN2CCCC2c2ccccc2)cc1C. The smallest absolute Gasteiger partial charge is 0.234 e. The van der Waals surface area contributed by atoms with Crippen molar-refractivity contribution in [2.24, 2.45) is 0 Å². The molecule has 2 unspecified atom stereocenters. The van der Waals surface area contributed by atoms with Crippen LogP contribution in [0.1, 0.15) is 54.1 Å². The molecule has 0 spiro atoms. The average molecular weight is 336 g/mol. The third kappa shape index (κ3) is 4.29. The highest BCUT2D eigenvalue weighted by Crippen LogP contribution is 2.31. The van der Waals surface area contributed by atoms with Crippen LogP contribution in [-0.4, -0.2) is 23.9 Å². The van der Waals surface area contributed by atoms with Gasteiger partial charge in [0.15, 0.2) is 0 Å². The Morgan fingerprint density at radius 1 is 1.16 bits per heavy atom. The largest absolute Gasteiger partial charge is 0.348 e. The van der Waals surface area contributed by atoms with E-state index < -0.39 is 0 Å². The first kappa shape index (κ1) is 17.7. The monoisotopic (exact) mass is 336 g/mol. The number of hydrogen-bond donors (Lipinski definition) is 1. The number of nitrogens with one attached hydrogen (secondary N) is 1. The van der Waals surface area contributed by atoms with E-state index in [1.165, 1.54) is 16.7 Å². The van der Waals surface area contributed by atoms with Gasteiger partial charge in [-0.2, -0.15) is 0 Å². The fourth-order valence-electron chi connectivity index (χ4n) is 3.66. The van der Waals surface area contributed by atoms with Crippen molar-refractivity contribution < 1.29 is 4.79 Å². The van der Waals surface area contributed by atoms with E-state index >= 15 is 0 Å². The van der Waals surface area contributed by atoms with E-state index in [0.29, 0.717) is 12.6 Å². The Kier molecular flexibility index (Phi) is 5.54. The van der Waals surface area contributed by atoms with Gasteiger partial charge in [-0.05, 0) is 62.4 Å². The van der Waals surface area contributed by atoms with Crippen molar-refractivity contribution in [2.75, 3.05) is 13.1 Å². The highest BCUT2D eigenvalue weighted by molar-refractivity contribution is 5.78.